The fourth-order valence-corrected chi connectivity index (χ4v) is 2.02. The fourth-order valence-electron chi connectivity index (χ4n) is 2.02. The summed E-state index contributed by atoms with van der Waals surface area (Å²) in [5.41, 5.74) is 1.33. The largest absolute Gasteiger partial charge is 0.354 e. The van der Waals surface area contributed by atoms with Crippen molar-refractivity contribution >= 4 is 10.9 Å². The van der Waals surface area contributed by atoms with E-state index in [0.29, 0.717) is 5.69 Å². The first-order chi connectivity index (χ1) is 9.15. The molecule has 1 heterocycles. The van der Waals surface area contributed by atoms with Crippen LogP contribution >= 0.6 is 0 Å². The van der Waals surface area contributed by atoms with E-state index in [1.807, 2.05) is 30.3 Å². The molecule has 0 aliphatic carbocycles. The molecule has 0 atom stereocenters. The zero-order valence-corrected chi connectivity index (χ0v) is 9.78. The molecule has 94 valence electrons. The van der Waals surface area contributed by atoms with Crippen molar-refractivity contribution in [1.29, 1.82) is 0 Å². The Hall–Kier alpha value is -2.49. The van der Waals surface area contributed by atoms with Crippen molar-refractivity contribution in [1.82, 2.24) is 4.98 Å². The molecule has 0 radical (unpaired) electrons. The van der Waals surface area contributed by atoms with Crippen molar-refractivity contribution in [2.45, 2.75) is 0 Å². The molecule has 1 aromatic heterocycles. The van der Waals surface area contributed by atoms with Gasteiger partial charge in [-0.15, -0.1) is 0 Å². The van der Waals surface area contributed by atoms with Crippen molar-refractivity contribution in [2.24, 2.45) is 0 Å². The van der Waals surface area contributed by atoms with E-state index in [4.69, 9.17) is 0 Å². The molecule has 0 amide bonds. The van der Waals surface area contributed by atoms with E-state index >= 15 is 0 Å². The summed E-state index contributed by atoms with van der Waals surface area (Å²) >= 11 is 0. The number of hydrogen-bond acceptors (Lipinski definition) is 1. The van der Waals surface area contributed by atoms with Gasteiger partial charge in [0.15, 0.2) is 17.1 Å². The number of halogens is 2. The van der Waals surface area contributed by atoms with E-state index in [1.54, 1.807) is 0 Å². The molecular weight excluding hydrogens is 248 g/mol. The third kappa shape index (κ3) is 2.01. The first-order valence-corrected chi connectivity index (χ1v) is 5.72. The molecule has 0 spiro atoms. The normalized spacial score (nSPS) is 10.8. The molecule has 0 saturated carbocycles. The average molecular weight is 257 g/mol. The van der Waals surface area contributed by atoms with Gasteiger partial charge < -0.3 is 4.98 Å². The number of H-pyrrole nitrogens is 1. The Morgan fingerprint density at radius 2 is 1.58 bits per heavy atom. The minimum Gasteiger partial charge on any atom is -0.354 e. The van der Waals surface area contributed by atoms with Crippen LogP contribution in [0.15, 0.2) is 53.3 Å². The van der Waals surface area contributed by atoms with E-state index < -0.39 is 11.6 Å². The minimum atomic E-state index is -1.02. The maximum absolute atomic E-state index is 13.2. The van der Waals surface area contributed by atoms with Crippen LogP contribution in [0.4, 0.5) is 8.78 Å². The summed E-state index contributed by atoms with van der Waals surface area (Å²) in [5, 5.41) is 0.138. The van der Waals surface area contributed by atoms with E-state index in [-0.39, 0.29) is 16.3 Å². The Morgan fingerprint density at radius 3 is 2.32 bits per heavy atom. The summed E-state index contributed by atoms with van der Waals surface area (Å²) in [6.45, 7) is 0. The van der Waals surface area contributed by atoms with E-state index in [1.165, 1.54) is 6.07 Å². The average Bonchev–Trinajstić information content (AvgIpc) is 2.42. The summed E-state index contributed by atoms with van der Waals surface area (Å²) < 4.78 is 26.3. The van der Waals surface area contributed by atoms with Crippen LogP contribution in [0, 0.1) is 11.6 Å². The summed E-state index contributed by atoms with van der Waals surface area (Å²) in [4.78, 5) is 14.9. The van der Waals surface area contributed by atoms with Gasteiger partial charge in [0.2, 0.25) is 0 Å². The zero-order chi connectivity index (χ0) is 13.4. The lowest BCUT2D eigenvalue weighted by Gasteiger charge is -2.05. The number of rotatable bonds is 1. The van der Waals surface area contributed by atoms with Crippen LogP contribution in [0.1, 0.15) is 0 Å². The molecule has 2 nitrogen and oxygen atoms in total. The number of hydrogen-bond donors (Lipinski definition) is 1. The molecule has 19 heavy (non-hydrogen) atoms. The number of pyridine rings is 1. The van der Waals surface area contributed by atoms with E-state index in [0.717, 1.165) is 17.7 Å². The van der Waals surface area contributed by atoms with Gasteiger partial charge in [0.1, 0.15) is 0 Å². The third-order valence-electron chi connectivity index (χ3n) is 2.96. The summed E-state index contributed by atoms with van der Waals surface area (Å²) in [6.07, 6.45) is 0. The minimum absolute atomic E-state index is 0.138. The molecule has 0 unspecified atom stereocenters. The highest BCUT2D eigenvalue weighted by molar-refractivity contribution is 5.81. The standard InChI is InChI=1S/C15H9F2NO/c16-11-6-10-14(7-12(11)17)18-13(8-15(10)19)9-4-2-1-3-5-9/h1-8H,(H,18,19). The molecule has 3 aromatic rings. The second kappa shape index (κ2) is 4.31. The molecule has 0 bridgehead atoms. The molecule has 0 fully saturated rings. The van der Waals surface area contributed by atoms with E-state index in [2.05, 4.69) is 4.98 Å². The first-order valence-electron chi connectivity index (χ1n) is 5.72. The molecule has 2 aromatic carbocycles. The maximum atomic E-state index is 13.2. The zero-order valence-electron chi connectivity index (χ0n) is 9.78. The predicted molar refractivity (Wildman–Crippen MR) is 69.9 cm³/mol. The highest BCUT2D eigenvalue weighted by atomic mass is 19.2. The second-order valence-electron chi connectivity index (χ2n) is 4.23. The van der Waals surface area contributed by atoms with Crippen molar-refractivity contribution in [3.05, 3.63) is 70.4 Å². The number of aromatic nitrogens is 1. The van der Waals surface area contributed by atoms with Gasteiger partial charge in [-0.3, -0.25) is 4.79 Å². The summed E-state index contributed by atoms with van der Waals surface area (Å²) in [7, 11) is 0. The van der Waals surface area contributed by atoms with E-state index in [9.17, 15) is 13.6 Å². The second-order valence-corrected chi connectivity index (χ2v) is 4.23. The van der Waals surface area contributed by atoms with Crippen molar-refractivity contribution in [3.63, 3.8) is 0 Å². The molecule has 0 aliphatic rings. The number of benzene rings is 2. The van der Waals surface area contributed by atoms with Crippen molar-refractivity contribution < 1.29 is 8.78 Å². The first kappa shape index (κ1) is 11.6. The smallest absolute Gasteiger partial charge is 0.190 e. The Labute approximate surface area is 107 Å². The van der Waals surface area contributed by atoms with Gasteiger partial charge in [0.25, 0.3) is 0 Å². The Morgan fingerprint density at radius 1 is 0.895 bits per heavy atom. The van der Waals surface area contributed by atoms with Gasteiger partial charge in [0.05, 0.1) is 5.52 Å². The van der Waals surface area contributed by atoms with Crippen LogP contribution in [-0.2, 0) is 0 Å². The van der Waals surface area contributed by atoms with Crippen molar-refractivity contribution in [3.8, 4) is 11.3 Å². The van der Waals surface area contributed by atoms with Crippen molar-refractivity contribution in [2.75, 3.05) is 0 Å². The predicted octanol–water partition coefficient (Wildman–Crippen LogP) is 3.47. The molecule has 4 heteroatoms. The molecular formula is C15H9F2NO. The van der Waals surface area contributed by atoms with Gasteiger partial charge in [-0.1, -0.05) is 30.3 Å². The number of nitrogens with one attached hydrogen (secondary N) is 1. The lowest BCUT2D eigenvalue weighted by Crippen LogP contribution is -2.04. The molecule has 3 rings (SSSR count). The van der Waals surface area contributed by atoms with Gasteiger partial charge in [-0.25, -0.2) is 8.78 Å². The Bertz CT molecular complexity index is 809. The summed E-state index contributed by atoms with van der Waals surface area (Å²) in [6, 6.07) is 12.5. The number of aromatic amines is 1. The number of fused-ring (bicyclic) bond motifs is 1. The van der Waals surface area contributed by atoms with Crippen LogP contribution < -0.4 is 5.43 Å². The van der Waals surface area contributed by atoms with Crippen LogP contribution in [0.25, 0.3) is 22.2 Å². The monoisotopic (exact) mass is 257 g/mol. The Balaban J connectivity index is 2.31. The van der Waals surface area contributed by atoms with Gasteiger partial charge >= 0.3 is 0 Å². The van der Waals surface area contributed by atoms with Crippen LogP contribution in [0.5, 0.6) is 0 Å². The van der Waals surface area contributed by atoms with Gasteiger partial charge in [-0.05, 0) is 11.6 Å². The van der Waals surface area contributed by atoms with Crippen LogP contribution in [0.2, 0.25) is 0 Å². The summed E-state index contributed by atoms with van der Waals surface area (Å²) in [5.74, 6) is -2.00. The third-order valence-corrected chi connectivity index (χ3v) is 2.96. The maximum Gasteiger partial charge on any atom is 0.190 e. The molecule has 1 N–H and O–H groups in total. The highest BCUT2D eigenvalue weighted by Crippen LogP contribution is 2.19. The Kier molecular flexibility index (Phi) is 2.63. The van der Waals surface area contributed by atoms with Gasteiger partial charge in [-0.2, -0.15) is 0 Å². The SMILES string of the molecule is O=c1cc(-c2ccccc2)[nH]c2cc(F)c(F)cc12. The lowest BCUT2D eigenvalue weighted by molar-refractivity contribution is 0.510. The van der Waals surface area contributed by atoms with Crippen LogP contribution in [0.3, 0.4) is 0 Å². The molecule has 0 aliphatic heterocycles. The fraction of sp³-hybridized carbons (Fsp3) is 0. The van der Waals surface area contributed by atoms with Crippen LogP contribution in [-0.4, -0.2) is 4.98 Å². The quantitative estimate of drug-likeness (QED) is 0.711. The van der Waals surface area contributed by atoms with Gasteiger partial charge in [0, 0.05) is 23.2 Å². The topological polar surface area (TPSA) is 32.9 Å². The lowest BCUT2D eigenvalue weighted by atomic mass is 10.1. The highest BCUT2D eigenvalue weighted by Gasteiger charge is 2.09. The molecule has 0 saturated heterocycles.